The van der Waals surface area contributed by atoms with Gasteiger partial charge in [-0.25, -0.2) is 4.79 Å². The van der Waals surface area contributed by atoms with E-state index in [1.54, 1.807) is 0 Å². The Labute approximate surface area is 101 Å². The normalized spacial score (nSPS) is 17.1. The van der Waals surface area contributed by atoms with Crippen LogP contribution in [0, 0.1) is 0 Å². The van der Waals surface area contributed by atoms with Gasteiger partial charge >= 0.3 is 5.97 Å². The Bertz CT molecular complexity index is 411. The first-order chi connectivity index (χ1) is 8.27. The summed E-state index contributed by atoms with van der Waals surface area (Å²) in [7, 11) is 0. The second-order valence-corrected chi connectivity index (χ2v) is 4.30. The highest BCUT2D eigenvalue weighted by molar-refractivity contribution is 5.75. The van der Waals surface area contributed by atoms with Gasteiger partial charge in [0, 0.05) is 5.70 Å². The molecule has 2 rings (SSSR count). The zero-order valence-electron chi connectivity index (χ0n) is 9.73. The number of aliphatic carboxylic acids is 1. The number of benzene rings is 1. The van der Waals surface area contributed by atoms with Crippen molar-refractivity contribution in [1.82, 2.24) is 5.32 Å². The topological polar surface area (TPSA) is 49.3 Å². The number of nitrogens with one attached hydrogen (secondary N) is 1. The predicted octanol–water partition coefficient (Wildman–Crippen LogP) is 2.86. The molecule has 0 saturated heterocycles. The van der Waals surface area contributed by atoms with Crippen molar-refractivity contribution in [3.63, 3.8) is 0 Å². The van der Waals surface area contributed by atoms with Crippen molar-refractivity contribution >= 4 is 5.97 Å². The summed E-state index contributed by atoms with van der Waals surface area (Å²) in [5.74, 6) is -0.831. The zero-order chi connectivity index (χ0) is 12.1. The maximum absolute atomic E-state index is 11.3. The molecule has 1 unspecified atom stereocenters. The molecular formula is C14H17NO2. The van der Waals surface area contributed by atoms with E-state index < -0.39 is 12.0 Å². The molecule has 17 heavy (non-hydrogen) atoms. The lowest BCUT2D eigenvalue weighted by molar-refractivity contribution is -0.139. The SMILES string of the molecule is O=C(O)C(NC1=CCCCC1)c1ccccc1. The van der Waals surface area contributed by atoms with Gasteiger partial charge in [-0.2, -0.15) is 0 Å². The number of carboxylic acids is 1. The second kappa shape index (κ2) is 5.53. The monoisotopic (exact) mass is 231 g/mol. The Morgan fingerprint density at radius 3 is 2.59 bits per heavy atom. The first kappa shape index (κ1) is 11.7. The molecule has 2 N–H and O–H groups in total. The molecule has 0 amide bonds. The summed E-state index contributed by atoms with van der Waals surface area (Å²) in [6, 6.07) is 8.66. The van der Waals surface area contributed by atoms with E-state index in [0.717, 1.165) is 30.5 Å². The van der Waals surface area contributed by atoms with E-state index in [1.807, 2.05) is 30.3 Å². The molecule has 1 aliphatic carbocycles. The van der Waals surface area contributed by atoms with Crippen molar-refractivity contribution < 1.29 is 9.90 Å². The number of carbonyl (C=O) groups is 1. The van der Waals surface area contributed by atoms with Crippen LogP contribution in [-0.2, 0) is 4.79 Å². The minimum atomic E-state index is -0.831. The first-order valence-corrected chi connectivity index (χ1v) is 6.00. The van der Waals surface area contributed by atoms with Gasteiger partial charge in [0.25, 0.3) is 0 Å². The van der Waals surface area contributed by atoms with Crippen LogP contribution in [0.25, 0.3) is 0 Å². The van der Waals surface area contributed by atoms with Crippen LogP contribution in [-0.4, -0.2) is 11.1 Å². The molecule has 0 aliphatic heterocycles. The molecule has 0 spiro atoms. The minimum Gasteiger partial charge on any atom is -0.479 e. The number of allylic oxidation sites excluding steroid dienone is 2. The quantitative estimate of drug-likeness (QED) is 0.837. The van der Waals surface area contributed by atoms with E-state index in [4.69, 9.17) is 0 Å². The van der Waals surface area contributed by atoms with Crippen molar-refractivity contribution in [2.45, 2.75) is 31.7 Å². The van der Waals surface area contributed by atoms with Gasteiger partial charge in [-0.1, -0.05) is 36.4 Å². The van der Waals surface area contributed by atoms with Gasteiger partial charge in [0.05, 0.1) is 0 Å². The molecular weight excluding hydrogens is 214 g/mol. The van der Waals surface area contributed by atoms with Crippen LogP contribution in [0.2, 0.25) is 0 Å². The smallest absolute Gasteiger partial charge is 0.330 e. The molecule has 0 heterocycles. The summed E-state index contributed by atoms with van der Waals surface area (Å²) in [5, 5.41) is 12.4. The third-order valence-electron chi connectivity index (χ3n) is 3.00. The predicted molar refractivity (Wildman–Crippen MR) is 66.5 cm³/mol. The third-order valence-corrected chi connectivity index (χ3v) is 3.00. The summed E-state index contributed by atoms with van der Waals surface area (Å²) in [5.41, 5.74) is 1.86. The fourth-order valence-electron chi connectivity index (χ4n) is 2.09. The van der Waals surface area contributed by atoms with E-state index in [9.17, 15) is 9.90 Å². The van der Waals surface area contributed by atoms with Gasteiger partial charge in [0.15, 0.2) is 0 Å². The first-order valence-electron chi connectivity index (χ1n) is 6.00. The van der Waals surface area contributed by atoms with Crippen molar-refractivity contribution in [1.29, 1.82) is 0 Å². The average Bonchev–Trinajstić information content (AvgIpc) is 2.38. The fraction of sp³-hybridized carbons (Fsp3) is 0.357. The lowest BCUT2D eigenvalue weighted by Crippen LogP contribution is -2.28. The van der Waals surface area contributed by atoms with Gasteiger partial charge < -0.3 is 10.4 Å². The van der Waals surface area contributed by atoms with Crippen LogP contribution in [0.5, 0.6) is 0 Å². The molecule has 1 aromatic carbocycles. The van der Waals surface area contributed by atoms with Crippen LogP contribution in [0.15, 0.2) is 42.1 Å². The lowest BCUT2D eigenvalue weighted by atomic mass is 10.0. The van der Waals surface area contributed by atoms with Crippen molar-refractivity contribution in [3.05, 3.63) is 47.7 Å². The second-order valence-electron chi connectivity index (χ2n) is 4.30. The molecule has 0 aromatic heterocycles. The molecule has 3 heteroatoms. The van der Waals surface area contributed by atoms with E-state index in [0.29, 0.717) is 0 Å². The summed E-state index contributed by atoms with van der Waals surface area (Å²) in [6.45, 7) is 0. The maximum Gasteiger partial charge on any atom is 0.330 e. The Hall–Kier alpha value is -1.77. The average molecular weight is 231 g/mol. The zero-order valence-corrected chi connectivity index (χ0v) is 9.73. The Morgan fingerprint density at radius 1 is 1.24 bits per heavy atom. The van der Waals surface area contributed by atoms with Gasteiger partial charge in [-0.05, 0) is 31.2 Å². The van der Waals surface area contributed by atoms with Crippen LogP contribution < -0.4 is 5.32 Å². The molecule has 0 radical (unpaired) electrons. The van der Waals surface area contributed by atoms with E-state index in [2.05, 4.69) is 11.4 Å². The molecule has 1 atom stereocenters. The Balaban J connectivity index is 2.13. The molecule has 3 nitrogen and oxygen atoms in total. The van der Waals surface area contributed by atoms with Crippen molar-refractivity contribution in [3.8, 4) is 0 Å². The van der Waals surface area contributed by atoms with Gasteiger partial charge in [0.1, 0.15) is 6.04 Å². The summed E-state index contributed by atoms with van der Waals surface area (Å²) in [4.78, 5) is 11.3. The van der Waals surface area contributed by atoms with Crippen LogP contribution >= 0.6 is 0 Å². The Kier molecular flexibility index (Phi) is 3.81. The van der Waals surface area contributed by atoms with E-state index in [1.165, 1.54) is 6.42 Å². The molecule has 0 saturated carbocycles. The highest BCUT2D eigenvalue weighted by Gasteiger charge is 2.20. The number of hydrogen-bond donors (Lipinski definition) is 2. The van der Waals surface area contributed by atoms with E-state index in [-0.39, 0.29) is 0 Å². The standard InChI is InChI=1S/C14H17NO2/c16-14(17)13(11-7-3-1-4-8-11)15-12-9-5-2-6-10-12/h1,3-4,7-9,13,15H,2,5-6,10H2,(H,16,17). The summed E-state index contributed by atoms with van der Waals surface area (Å²) in [6.07, 6.45) is 6.46. The van der Waals surface area contributed by atoms with Crippen LogP contribution in [0.4, 0.5) is 0 Å². The number of rotatable bonds is 4. The number of carboxylic acid groups (broad SMARTS) is 1. The summed E-state index contributed by atoms with van der Waals surface area (Å²) < 4.78 is 0. The molecule has 1 aliphatic rings. The molecule has 0 bridgehead atoms. The van der Waals surface area contributed by atoms with Gasteiger partial charge in [-0.3, -0.25) is 0 Å². The van der Waals surface area contributed by atoms with Gasteiger partial charge in [-0.15, -0.1) is 0 Å². The van der Waals surface area contributed by atoms with E-state index >= 15 is 0 Å². The lowest BCUT2D eigenvalue weighted by Gasteiger charge is -2.21. The minimum absolute atomic E-state index is 0.638. The third kappa shape index (κ3) is 3.09. The van der Waals surface area contributed by atoms with Crippen LogP contribution in [0.1, 0.15) is 37.3 Å². The van der Waals surface area contributed by atoms with Crippen LogP contribution in [0.3, 0.4) is 0 Å². The highest BCUT2D eigenvalue weighted by atomic mass is 16.4. The fourth-order valence-corrected chi connectivity index (χ4v) is 2.09. The van der Waals surface area contributed by atoms with Crippen molar-refractivity contribution in [2.75, 3.05) is 0 Å². The summed E-state index contributed by atoms with van der Waals surface area (Å²) >= 11 is 0. The Morgan fingerprint density at radius 2 is 2.00 bits per heavy atom. The number of hydrogen-bond acceptors (Lipinski definition) is 2. The molecule has 1 aromatic rings. The highest BCUT2D eigenvalue weighted by Crippen LogP contribution is 2.20. The molecule has 0 fully saturated rings. The largest absolute Gasteiger partial charge is 0.479 e. The maximum atomic E-state index is 11.3. The van der Waals surface area contributed by atoms with Crippen molar-refractivity contribution in [2.24, 2.45) is 0 Å². The molecule has 90 valence electrons. The van der Waals surface area contributed by atoms with Gasteiger partial charge in [0.2, 0.25) is 0 Å².